The fraction of sp³-hybridized carbons (Fsp3) is 0.786. The van der Waals surface area contributed by atoms with Crippen LogP contribution in [-0.4, -0.2) is 0 Å². The van der Waals surface area contributed by atoms with Gasteiger partial charge in [-0.2, -0.15) is 0 Å². The molecular weight excluding hydrogens is 1350 g/mol. The van der Waals surface area contributed by atoms with Crippen molar-refractivity contribution in [3.8, 4) is 22.3 Å². The van der Waals surface area contributed by atoms with E-state index in [9.17, 15) is 0 Å². The predicted molar refractivity (Wildman–Crippen MR) is 469 cm³/mol. The number of benzene rings is 4. The molecule has 0 heterocycles. The molecule has 0 radical (unpaired) electrons. The molecule has 112 heavy (non-hydrogen) atoms. The van der Waals surface area contributed by atoms with Crippen LogP contribution in [0.5, 0.6) is 0 Å². The zero-order valence-electron chi connectivity index (χ0n) is 71.5. The number of fused-ring (bicyclic) bond motifs is 15. The standard InChI is InChI=1S/C25H16.C15H24.C14H20.2C14H24.2C10H16.C10H18/c1-5-13-21-17(9-1)18-10-2-6-14-22(18)25(21)23-15-7-3-11-19(23)20-12-4-8-16-24(20)25;1-5-14(9-10-14)6-2-13(1)3-7-15(8-4-13)11-12-15;1-7-2-12-10-4-8-5-11(9(1)10)13(3-7)14(12)6-8;1-2-6-13(5-1)9-11-14(12-10-13)7-3-4-8-14;1-2-6-13(7-3-1)10-11-14(12-13)8-4-5-9-14;1-7-2-9-4-8(1)5-10(3-7)6-9;1-2-9-7-4-5-8(6-7)10(9)3-1;1-2-6-10(7-3-1)8-4-5-9-10/h1-16H;1-12H2;7-14H,1-6H2;2*1-12H2;2*7-10H,1-6H2;1-9H2/t;;;;;;7-,8?,9-,10-;/m......0./s1. The average Bonchev–Trinajstić information content (AvgIpc) is 1.58. The van der Waals surface area contributed by atoms with Gasteiger partial charge in [0.1, 0.15) is 0 Å². The maximum atomic E-state index is 2.31. The highest BCUT2D eigenvalue weighted by Crippen LogP contribution is 2.73. The van der Waals surface area contributed by atoms with E-state index in [1.807, 2.05) is 0 Å². The van der Waals surface area contributed by atoms with Gasteiger partial charge in [-0.1, -0.05) is 193 Å². The predicted octanol–water partition coefficient (Wildman–Crippen LogP) is 32.6. The van der Waals surface area contributed by atoms with E-state index >= 15 is 0 Å². The van der Waals surface area contributed by atoms with E-state index in [2.05, 4.69) is 97.1 Å². The minimum Gasteiger partial charge on any atom is -0.0619 e. The summed E-state index contributed by atoms with van der Waals surface area (Å²) < 4.78 is 0. The van der Waals surface area contributed by atoms with Crippen molar-refractivity contribution >= 4 is 0 Å². The highest BCUT2D eigenvalue weighted by atomic mass is 14.7. The second-order valence-corrected chi connectivity index (χ2v) is 48.2. The molecule has 26 saturated carbocycles. The van der Waals surface area contributed by atoms with Crippen molar-refractivity contribution in [2.24, 2.45) is 138 Å². The Balaban J connectivity index is 0.0000000800. The summed E-state index contributed by atoms with van der Waals surface area (Å²) in [5, 5.41) is 0. The van der Waals surface area contributed by atoms with E-state index in [1.54, 1.807) is 315 Å². The minimum atomic E-state index is -0.180. The molecule has 4 aromatic rings. The van der Waals surface area contributed by atoms with Crippen molar-refractivity contribution in [1.29, 1.82) is 0 Å². The van der Waals surface area contributed by atoms with Gasteiger partial charge >= 0.3 is 0 Å². The number of hydrogen-bond acceptors (Lipinski definition) is 0. The van der Waals surface area contributed by atoms with Gasteiger partial charge in [0.25, 0.3) is 0 Å². The van der Waals surface area contributed by atoms with Crippen molar-refractivity contribution < 1.29 is 0 Å². The summed E-state index contributed by atoms with van der Waals surface area (Å²) in [4.78, 5) is 0. The molecule has 26 fully saturated rings. The molecule has 0 amide bonds. The van der Waals surface area contributed by atoms with Crippen LogP contribution in [0, 0.1) is 138 Å². The van der Waals surface area contributed by atoms with Gasteiger partial charge in [0.15, 0.2) is 0 Å². The van der Waals surface area contributed by atoms with Gasteiger partial charge < -0.3 is 0 Å². The molecule has 606 valence electrons. The molecule has 32 rings (SSSR count). The lowest BCUT2D eigenvalue weighted by Gasteiger charge is -2.69. The largest absolute Gasteiger partial charge is 0.0725 e. The van der Waals surface area contributed by atoms with E-state index < -0.39 is 0 Å². The normalized spacial score (nSPS) is 39.1. The van der Waals surface area contributed by atoms with E-state index in [1.165, 1.54) is 229 Å². The first-order valence-corrected chi connectivity index (χ1v) is 51.4. The molecule has 0 aliphatic heterocycles. The molecular formula is C112H158. The van der Waals surface area contributed by atoms with Crippen LogP contribution in [0.25, 0.3) is 22.3 Å². The van der Waals surface area contributed by atoms with Gasteiger partial charge in [0.2, 0.25) is 0 Å². The van der Waals surface area contributed by atoms with Crippen molar-refractivity contribution in [1.82, 2.24) is 0 Å². The van der Waals surface area contributed by atoms with E-state index in [-0.39, 0.29) is 5.41 Å². The third-order valence-corrected chi connectivity index (χ3v) is 42.6. The highest BCUT2D eigenvalue weighted by molar-refractivity contribution is 5.94. The van der Waals surface area contributed by atoms with Crippen LogP contribution in [0.1, 0.15) is 427 Å². The van der Waals surface area contributed by atoms with Crippen LogP contribution in [0.3, 0.4) is 0 Å². The molecule has 0 heteroatoms. The molecule has 0 aromatic heterocycles. The third-order valence-electron chi connectivity index (χ3n) is 42.6. The van der Waals surface area contributed by atoms with Crippen LogP contribution in [-0.2, 0) is 5.41 Å². The zero-order valence-corrected chi connectivity index (χ0v) is 71.5. The molecule has 9 spiro atoms. The Hall–Kier alpha value is -3.12. The van der Waals surface area contributed by atoms with Gasteiger partial charge in [0.05, 0.1) is 5.41 Å². The molecule has 1 unspecified atom stereocenters. The lowest BCUT2D eigenvalue weighted by atomic mass is 9.36. The lowest BCUT2D eigenvalue weighted by Crippen LogP contribution is -2.62. The van der Waals surface area contributed by atoms with Crippen molar-refractivity contribution in [2.75, 3.05) is 0 Å². The summed E-state index contributed by atoms with van der Waals surface area (Å²) in [5.41, 5.74) is 17.9. The summed E-state index contributed by atoms with van der Waals surface area (Å²) in [6, 6.07) is 35.7. The first-order valence-electron chi connectivity index (χ1n) is 51.4. The molecule has 4 aromatic carbocycles. The Morgan fingerprint density at radius 1 is 0.170 bits per heavy atom. The number of hydrogen-bond donors (Lipinski definition) is 0. The first kappa shape index (κ1) is 75.1. The summed E-state index contributed by atoms with van der Waals surface area (Å²) in [5.74, 6) is 19.2. The van der Waals surface area contributed by atoms with Crippen molar-refractivity contribution in [3.63, 3.8) is 0 Å². The maximum absolute atomic E-state index is 2.31. The first-order chi connectivity index (χ1) is 55.0. The SMILES string of the molecule is C1C2CC3C4CC5CC(C14)C(C2)C3C5.C1C2CC3CC1CC(C2)C3.C1CC12CCC1(CC2)CCC2(CC2)CC1.C1CCC2(C1)CCC1(CCCC1)CC2.C1CCC2(CC1)CCC1(CCCC1)C2.C1CCC2(CC1)CCCC2.C1C[C@H]2[C@H]3CCC(C3)[C@@H]2C1.c1ccc2c(c1)-c1ccccc1C21c2ccccc2-c2ccccc21. The average molecular weight is 1500 g/mol. The topological polar surface area (TPSA) is 0 Å². The van der Waals surface area contributed by atoms with Crippen LogP contribution < -0.4 is 0 Å². The molecule has 14 bridgehead atoms. The van der Waals surface area contributed by atoms with Gasteiger partial charge in [-0.15, -0.1) is 0 Å². The van der Waals surface area contributed by atoms with Crippen LogP contribution in [0.4, 0.5) is 0 Å². The van der Waals surface area contributed by atoms with Crippen LogP contribution in [0.2, 0.25) is 0 Å². The van der Waals surface area contributed by atoms with Gasteiger partial charge in [-0.3, -0.25) is 0 Å². The Kier molecular flexibility index (Phi) is 20.3. The Morgan fingerprint density at radius 3 is 0.643 bits per heavy atom. The summed E-state index contributed by atoms with van der Waals surface area (Å²) >= 11 is 0. The van der Waals surface area contributed by atoms with Crippen molar-refractivity contribution in [3.05, 3.63) is 119 Å². The molecule has 0 saturated heterocycles. The van der Waals surface area contributed by atoms with Gasteiger partial charge in [0, 0.05) is 0 Å². The Bertz CT molecular complexity index is 3450. The molecule has 4 atom stereocenters. The van der Waals surface area contributed by atoms with E-state index in [4.69, 9.17) is 0 Å². The second kappa shape index (κ2) is 30.2. The van der Waals surface area contributed by atoms with E-state index in [0.717, 1.165) is 43.3 Å². The zero-order chi connectivity index (χ0) is 74.2. The summed E-state index contributed by atoms with van der Waals surface area (Å²) in [6.07, 6.45) is 99.6. The van der Waals surface area contributed by atoms with Crippen LogP contribution >= 0.6 is 0 Å². The maximum Gasteiger partial charge on any atom is 0.0725 e. The van der Waals surface area contributed by atoms with Crippen LogP contribution in [0.15, 0.2) is 97.1 Å². The highest BCUT2D eigenvalue weighted by Gasteiger charge is 2.64. The molecule has 28 aliphatic rings. The summed E-state index contributed by atoms with van der Waals surface area (Å²) in [6.45, 7) is 0. The smallest absolute Gasteiger partial charge is 0.0619 e. The number of rotatable bonds is 0. The molecule has 28 aliphatic carbocycles. The fourth-order valence-corrected chi connectivity index (χ4v) is 36.7. The Morgan fingerprint density at radius 2 is 0.375 bits per heavy atom. The lowest BCUT2D eigenvalue weighted by molar-refractivity contribution is -0.202. The van der Waals surface area contributed by atoms with Gasteiger partial charge in [-0.25, -0.2) is 0 Å². The summed E-state index contributed by atoms with van der Waals surface area (Å²) in [7, 11) is 0. The molecule has 0 nitrogen and oxygen atoms in total. The monoisotopic (exact) mass is 1500 g/mol. The minimum absolute atomic E-state index is 0.180. The second-order valence-electron chi connectivity index (χ2n) is 48.2. The molecule has 0 N–H and O–H groups in total. The van der Waals surface area contributed by atoms with E-state index in [0.29, 0.717) is 0 Å². The van der Waals surface area contributed by atoms with Gasteiger partial charge in [-0.05, 0) is 491 Å². The third kappa shape index (κ3) is 14.0. The fourth-order valence-electron chi connectivity index (χ4n) is 36.7. The van der Waals surface area contributed by atoms with Crippen molar-refractivity contribution in [2.45, 2.75) is 410 Å². The quantitative estimate of drug-likeness (QED) is 0.142. The Labute approximate surface area is 685 Å².